The molecule has 1 N–H and O–H groups in total. The first-order valence-electron chi connectivity index (χ1n) is 6.87. The van der Waals surface area contributed by atoms with Crippen molar-refractivity contribution in [3.63, 3.8) is 0 Å². The average Bonchev–Trinajstić information content (AvgIpc) is 2.38. The Bertz CT molecular complexity index is 480. The second kappa shape index (κ2) is 5.35. The summed E-state index contributed by atoms with van der Waals surface area (Å²) in [5, 5.41) is 3.98. The molecule has 2 bridgehead atoms. The Morgan fingerprint density at radius 3 is 2.50 bits per heavy atom. The van der Waals surface area contributed by atoms with Crippen molar-refractivity contribution < 1.29 is 14.3 Å². The van der Waals surface area contributed by atoms with Gasteiger partial charge in [-0.2, -0.15) is 0 Å². The average molecular weight is 296 g/mol. The first kappa shape index (κ1) is 13.9. The van der Waals surface area contributed by atoms with Crippen LogP contribution >= 0.6 is 11.6 Å². The van der Waals surface area contributed by atoms with Gasteiger partial charge in [0.1, 0.15) is 5.60 Å². The summed E-state index contributed by atoms with van der Waals surface area (Å²) in [5.41, 5.74) is 0.0772. The summed E-state index contributed by atoms with van der Waals surface area (Å²) in [6.07, 6.45) is 0. The Kier molecular flexibility index (Phi) is 3.71. The minimum Gasteiger partial charge on any atom is -0.455 e. The van der Waals surface area contributed by atoms with Crippen molar-refractivity contribution >= 4 is 17.6 Å². The lowest BCUT2D eigenvalue weighted by Gasteiger charge is -2.49. The third-order valence-electron chi connectivity index (χ3n) is 4.43. The number of hydrogen-bond acceptors (Lipinski definition) is 4. The lowest BCUT2D eigenvalue weighted by molar-refractivity contribution is -0.161. The van der Waals surface area contributed by atoms with E-state index in [2.05, 4.69) is 5.32 Å². The summed E-state index contributed by atoms with van der Waals surface area (Å²) >= 11 is 5.84. The molecular formula is C15H18ClNO3. The molecule has 0 amide bonds. The maximum atomic E-state index is 12.3. The smallest absolute Gasteiger partial charge is 0.338 e. The Morgan fingerprint density at radius 1 is 1.30 bits per heavy atom. The molecule has 2 atom stereocenters. The summed E-state index contributed by atoms with van der Waals surface area (Å²) in [5.74, 6) is 0.112. The third-order valence-corrected chi connectivity index (χ3v) is 4.69. The summed E-state index contributed by atoms with van der Waals surface area (Å²) in [7, 11) is 0. The number of hydrogen-bond donors (Lipinski definition) is 1. The molecule has 2 heterocycles. The molecule has 2 saturated heterocycles. The molecule has 3 rings (SSSR count). The van der Waals surface area contributed by atoms with Crippen molar-refractivity contribution in [2.75, 3.05) is 26.3 Å². The van der Waals surface area contributed by atoms with Gasteiger partial charge in [0.05, 0.1) is 18.8 Å². The number of carbonyl (C=O) groups excluding carboxylic acids is 1. The van der Waals surface area contributed by atoms with E-state index in [1.165, 1.54) is 0 Å². The van der Waals surface area contributed by atoms with Crippen molar-refractivity contribution in [3.05, 3.63) is 34.9 Å². The highest BCUT2D eigenvalue weighted by Crippen LogP contribution is 2.37. The van der Waals surface area contributed by atoms with E-state index in [0.717, 1.165) is 13.1 Å². The van der Waals surface area contributed by atoms with E-state index in [4.69, 9.17) is 21.1 Å². The number of piperidine rings is 1. The highest BCUT2D eigenvalue weighted by atomic mass is 35.5. The highest BCUT2D eigenvalue weighted by molar-refractivity contribution is 6.30. The summed E-state index contributed by atoms with van der Waals surface area (Å²) in [6.45, 7) is 4.93. The Hall–Kier alpha value is -1.10. The van der Waals surface area contributed by atoms with E-state index in [9.17, 15) is 4.79 Å². The highest BCUT2D eigenvalue weighted by Gasteiger charge is 2.50. The number of nitrogens with one attached hydrogen (secondary N) is 1. The number of ether oxygens (including phenoxy) is 2. The summed E-state index contributed by atoms with van der Waals surface area (Å²) in [6, 6.07) is 6.79. The number of benzene rings is 1. The summed E-state index contributed by atoms with van der Waals surface area (Å²) < 4.78 is 11.5. The van der Waals surface area contributed by atoms with Crippen LogP contribution in [-0.4, -0.2) is 37.9 Å². The number of fused-ring (bicyclic) bond motifs is 2. The van der Waals surface area contributed by atoms with E-state index < -0.39 is 5.60 Å². The molecule has 0 aliphatic carbocycles. The standard InChI is InChI=1S/C15H18ClNO3/c1-15(11-6-17-7-12(15)9-19-8-11)20-14(18)10-2-4-13(16)5-3-10/h2-5,11-12,17H,6-9H2,1H3. The van der Waals surface area contributed by atoms with E-state index in [1.54, 1.807) is 24.3 Å². The normalized spacial score (nSPS) is 32.7. The second-order valence-electron chi connectivity index (χ2n) is 5.67. The number of rotatable bonds is 2. The molecule has 108 valence electrons. The van der Waals surface area contributed by atoms with Gasteiger partial charge in [0, 0.05) is 29.9 Å². The zero-order valence-electron chi connectivity index (χ0n) is 11.4. The molecule has 0 saturated carbocycles. The maximum Gasteiger partial charge on any atom is 0.338 e. The molecule has 1 aromatic carbocycles. The van der Waals surface area contributed by atoms with Crippen LogP contribution in [0.15, 0.2) is 24.3 Å². The van der Waals surface area contributed by atoms with Gasteiger partial charge in [-0.05, 0) is 31.2 Å². The quantitative estimate of drug-likeness (QED) is 0.849. The molecule has 20 heavy (non-hydrogen) atoms. The molecular weight excluding hydrogens is 278 g/mol. The van der Waals surface area contributed by atoms with Gasteiger partial charge < -0.3 is 14.8 Å². The largest absolute Gasteiger partial charge is 0.455 e. The van der Waals surface area contributed by atoms with Crippen molar-refractivity contribution in [3.8, 4) is 0 Å². The van der Waals surface area contributed by atoms with Crippen LogP contribution in [0.3, 0.4) is 0 Å². The number of esters is 1. The van der Waals surface area contributed by atoms with E-state index in [-0.39, 0.29) is 17.8 Å². The third kappa shape index (κ3) is 2.43. The molecule has 2 aliphatic rings. The first-order chi connectivity index (χ1) is 9.59. The minimum atomic E-state index is -0.458. The van der Waals surface area contributed by atoms with Crippen molar-refractivity contribution in [1.82, 2.24) is 5.32 Å². The van der Waals surface area contributed by atoms with Crippen molar-refractivity contribution in [2.24, 2.45) is 11.8 Å². The van der Waals surface area contributed by atoms with Crippen LogP contribution in [0.5, 0.6) is 0 Å². The molecule has 5 heteroatoms. The van der Waals surface area contributed by atoms with Gasteiger partial charge in [-0.15, -0.1) is 0 Å². The van der Waals surface area contributed by atoms with E-state index >= 15 is 0 Å². The molecule has 0 spiro atoms. The van der Waals surface area contributed by atoms with Gasteiger partial charge in [0.25, 0.3) is 0 Å². The fourth-order valence-electron chi connectivity index (χ4n) is 2.98. The molecule has 2 fully saturated rings. The second-order valence-corrected chi connectivity index (χ2v) is 6.11. The van der Waals surface area contributed by atoms with Gasteiger partial charge in [-0.3, -0.25) is 0 Å². The fraction of sp³-hybridized carbons (Fsp3) is 0.533. The fourth-order valence-corrected chi connectivity index (χ4v) is 3.11. The van der Waals surface area contributed by atoms with Gasteiger partial charge in [0.15, 0.2) is 0 Å². The first-order valence-corrected chi connectivity index (χ1v) is 7.25. The van der Waals surface area contributed by atoms with Crippen LogP contribution in [0.1, 0.15) is 17.3 Å². The Labute approximate surface area is 123 Å². The van der Waals surface area contributed by atoms with Gasteiger partial charge in [0.2, 0.25) is 0 Å². The monoisotopic (exact) mass is 295 g/mol. The van der Waals surface area contributed by atoms with E-state index in [0.29, 0.717) is 23.8 Å². The van der Waals surface area contributed by atoms with Crippen LogP contribution in [0.25, 0.3) is 0 Å². The maximum absolute atomic E-state index is 12.3. The van der Waals surface area contributed by atoms with Gasteiger partial charge in [-0.25, -0.2) is 4.79 Å². The molecule has 4 nitrogen and oxygen atoms in total. The molecule has 2 aliphatic heterocycles. The predicted molar refractivity (Wildman–Crippen MR) is 75.9 cm³/mol. The van der Waals surface area contributed by atoms with Gasteiger partial charge >= 0.3 is 5.97 Å². The SMILES string of the molecule is CC1(OC(=O)c2ccc(Cl)cc2)C2CNCC1COC2. The Balaban J connectivity index is 1.78. The van der Waals surface area contributed by atoms with Crippen LogP contribution in [-0.2, 0) is 9.47 Å². The van der Waals surface area contributed by atoms with Crippen molar-refractivity contribution in [2.45, 2.75) is 12.5 Å². The van der Waals surface area contributed by atoms with Crippen LogP contribution < -0.4 is 5.32 Å². The number of halogens is 1. The molecule has 0 aromatic heterocycles. The predicted octanol–water partition coefficient (Wildman–Crippen LogP) is 2.12. The lowest BCUT2D eigenvalue weighted by atomic mass is 9.74. The van der Waals surface area contributed by atoms with Crippen LogP contribution in [0, 0.1) is 11.8 Å². The zero-order chi connectivity index (χ0) is 14.2. The van der Waals surface area contributed by atoms with Crippen molar-refractivity contribution in [1.29, 1.82) is 0 Å². The Morgan fingerprint density at radius 2 is 1.90 bits per heavy atom. The summed E-state index contributed by atoms with van der Waals surface area (Å²) in [4.78, 5) is 12.3. The molecule has 1 aromatic rings. The molecule has 2 unspecified atom stereocenters. The molecule has 0 radical (unpaired) electrons. The van der Waals surface area contributed by atoms with Crippen LogP contribution in [0.2, 0.25) is 5.02 Å². The minimum absolute atomic E-state index is 0.200. The van der Waals surface area contributed by atoms with Crippen LogP contribution in [0.4, 0.5) is 0 Å². The topological polar surface area (TPSA) is 47.6 Å². The van der Waals surface area contributed by atoms with E-state index in [1.807, 2.05) is 6.92 Å². The zero-order valence-corrected chi connectivity index (χ0v) is 12.2. The number of carbonyl (C=O) groups is 1. The lowest BCUT2D eigenvalue weighted by Crippen LogP contribution is -2.62. The van der Waals surface area contributed by atoms with Gasteiger partial charge in [-0.1, -0.05) is 11.6 Å².